The first kappa shape index (κ1) is 22.5. The lowest BCUT2D eigenvalue weighted by molar-refractivity contribution is -0.0645. The minimum Gasteiger partial charge on any atom is -0.387 e. The molecule has 8 atom stereocenters. The third kappa shape index (κ3) is 5.63. The molecular weight excluding hydrogens is 423 g/mol. The van der Waals surface area contributed by atoms with Crippen LogP contribution in [0, 0.1) is 0 Å². The fraction of sp³-hybridized carbons (Fsp3) is 1.00. The second-order valence-electron chi connectivity index (χ2n) is 5.86. The van der Waals surface area contributed by atoms with Gasteiger partial charge in [-0.3, -0.25) is 9.42 Å². The topological polar surface area (TPSA) is 213 Å². The first-order valence-corrected chi connectivity index (χ1v) is 11.7. The molecule has 2 heterocycles. The first-order valence-electron chi connectivity index (χ1n) is 7.21. The van der Waals surface area contributed by atoms with Gasteiger partial charge in [0.05, 0.1) is 6.61 Å². The van der Waals surface area contributed by atoms with Crippen LogP contribution in [0.1, 0.15) is 13.8 Å². The van der Waals surface area contributed by atoms with Crippen LogP contribution in [0.25, 0.3) is 0 Å². The zero-order chi connectivity index (χ0) is 20.1. The highest BCUT2D eigenvalue weighted by Gasteiger charge is 2.55. The predicted molar refractivity (Wildman–Crippen MR) is 81.3 cm³/mol. The van der Waals surface area contributed by atoms with Crippen molar-refractivity contribution in [1.82, 2.24) is 4.90 Å². The van der Waals surface area contributed by atoms with Crippen LogP contribution in [0.15, 0.2) is 0 Å². The van der Waals surface area contributed by atoms with E-state index >= 15 is 0 Å². The molecule has 2 fully saturated rings. The lowest BCUT2D eigenvalue weighted by Gasteiger charge is -2.19. The van der Waals surface area contributed by atoms with Gasteiger partial charge < -0.3 is 34.5 Å². The average molecular weight is 443 g/mol. The van der Waals surface area contributed by atoms with Gasteiger partial charge >= 0.3 is 23.5 Å². The molecule has 0 aliphatic carbocycles. The Labute approximate surface area is 147 Å². The number of aliphatic hydroxyl groups excluding tert-OH is 2. The molecule has 0 saturated carbocycles. The van der Waals surface area contributed by atoms with Gasteiger partial charge in [0.2, 0.25) is 0 Å². The van der Waals surface area contributed by atoms with Gasteiger partial charge in [0.1, 0.15) is 24.5 Å². The van der Waals surface area contributed by atoms with E-state index in [2.05, 4.69) is 13.1 Å². The summed E-state index contributed by atoms with van der Waals surface area (Å²) >= 11 is 0. The number of aliphatic hydroxyl groups is 2. The van der Waals surface area contributed by atoms with Crippen molar-refractivity contribution in [2.45, 2.75) is 50.5 Å². The maximum atomic E-state index is 11.6. The van der Waals surface area contributed by atoms with Crippen molar-refractivity contribution >= 4 is 23.5 Å². The fourth-order valence-electron chi connectivity index (χ4n) is 2.58. The molecule has 2 saturated heterocycles. The van der Waals surface area contributed by atoms with E-state index < -0.39 is 54.6 Å². The largest absolute Gasteiger partial charge is 0.490 e. The Morgan fingerprint density at radius 2 is 1.46 bits per heavy atom. The molecule has 26 heavy (non-hydrogen) atoms. The van der Waals surface area contributed by atoms with E-state index in [1.54, 1.807) is 4.90 Å². The summed E-state index contributed by atoms with van der Waals surface area (Å²) in [5.74, 6) is 0. The Balaban J connectivity index is 1.92. The summed E-state index contributed by atoms with van der Waals surface area (Å²) < 4.78 is 50.3. The monoisotopic (exact) mass is 443 g/mol. The summed E-state index contributed by atoms with van der Waals surface area (Å²) in [6.07, 6.45) is -4.94. The van der Waals surface area contributed by atoms with Crippen LogP contribution in [0.2, 0.25) is 0 Å². The molecule has 154 valence electrons. The summed E-state index contributed by atoms with van der Waals surface area (Å²) in [5.41, 5.74) is 0. The van der Waals surface area contributed by atoms with Gasteiger partial charge in [0.25, 0.3) is 0 Å². The lowest BCUT2D eigenvalue weighted by atomic mass is 10.1. The Kier molecular flexibility index (Phi) is 6.57. The van der Waals surface area contributed by atoms with Gasteiger partial charge in [-0.15, -0.1) is 0 Å². The van der Waals surface area contributed by atoms with Gasteiger partial charge in [-0.1, -0.05) is 0 Å². The minimum absolute atomic E-state index is 0.0962. The zero-order valence-corrected chi connectivity index (χ0v) is 16.2. The van der Waals surface area contributed by atoms with Crippen molar-refractivity contribution in [1.29, 1.82) is 0 Å². The number of hydrogen-bond donors (Lipinski definition) is 6. The smallest absolute Gasteiger partial charge is 0.387 e. The molecule has 0 bridgehead atoms. The fourth-order valence-corrected chi connectivity index (χ4v) is 5.61. The van der Waals surface area contributed by atoms with Crippen molar-refractivity contribution in [2.24, 2.45) is 0 Å². The number of ether oxygens (including phenoxy) is 1. The average Bonchev–Trinajstić information content (AvgIpc) is 2.89. The van der Waals surface area contributed by atoms with E-state index in [1.165, 1.54) is 0 Å². The number of nitrogens with zero attached hydrogens (tertiary/aromatic N) is 1. The molecule has 2 aliphatic rings. The highest BCUT2D eigenvalue weighted by molar-refractivity contribution is 7.66. The molecule has 14 nitrogen and oxygen atoms in total. The molecule has 6 N–H and O–H groups in total. The zero-order valence-electron chi connectivity index (χ0n) is 13.5. The van der Waals surface area contributed by atoms with Crippen molar-refractivity contribution in [3.8, 4) is 0 Å². The Hall–Kier alpha value is 0.250. The van der Waals surface area contributed by atoms with E-state index in [1.807, 2.05) is 13.8 Å². The first-order chi connectivity index (χ1) is 11.6. The molecule has 0 radical (unpaired) electrons. The van der Waals surface area contributed by atoms with Crippen LogP contribution in [0.3, 0.4) is 0 Å². The number of phosphoric acid groups is 3. The molecule has 0 aromatic carbocycles. The molecular formula is C9H20NO13P3. The molecule has 0 aromatic heterocycles. The molecule has 17 heteroatoms. The molecule has 2 rings (SSSR count). The molecule has 0 aromatic rings. The standard InChI is InChI=1S/C9H20NO13P3/c1-4-5(2)10(4)9-8(12)7(11)6(21-9)3-20-25(16,17)23-26(18,19)22-24(13,14)15/h4-9,11-12H,3H2,1-2H3,(H,16,17)(H,18,19)(H2,13,14,15). The highest BCUT2D eigenvalue weighted by atomic mass is 31.3. The molecule has 0 spiro atoms. The number of rotatable bonds is 8. The summed E-state index contributed by atoms with van der Waals surface area (Å²) in [6.45, 7) is 2.91. The van der Waals surface area contributed by atoms with E-state index in [-0.39, 0.29) is 12.1 Å². The normalized spacial score (nSPS) is 42.2. The van der Waals surface area contributed by atoms with Crippen molar-refractivity contribution in [2.75, 3.05) is 6.61 Å². The predicted octanol–water partition coefficient (Wildman–Crippen LogP) is -1.13. The molecule has 2 aliphatic heterocycles. The maximum Gasteiger partial charge on any atom is 0.490 e. The molecule has 8 unspecified atom stereocenters. The van der Waals surface area contributed by atoms with Gasteiger partial charge in [-0.05, 0) is 13.8 Å². The Bertz CT molecular complexity index is 659. The van der Waals surface area contributed by atoms with Crippen molar-refractivity contribution < 1.29 is 61.4 Å². The van der Waals surface area contributed by atoms with Crippen LogP contribution >= 0.6 is 23.5 Å². The van der Waals surface area contributed by atoms with Gasteiger partial charge in [-0.2, -0.15) is 8.62 Å². The van der Waals surface area contributed by atoms with E-state index in [4.69, 9.17) is 19.4 Å². The second kappa shape index (κ2) is 7.58. The Morgan fingerprint density at radius 1 is 0.923 bits per heavy atom. The van der Waals surface area contributed by atoms with Crippen LogP contribution in [-0.4, -0.2) is 77.9 Å². The van der Waals surface area contributed by atoms with Crippen LogP contribution in [0.5, 0.6) is 0 Å². The van der Waals surface area contributed by atoms with Gasteiger partial charge in [0.15, 0.2) is 0 Å². The maximum absolute atomic E-state index is 11.6. The lowest BCUT2D eigenvalue weighted by Crippen LogP contribution is -2.37. The third-order valence-corrected chi connectivity index (χ3v) is 7.80. The van der Waals surface area contributed by atoms with Crippen LogP contribution < -0.4 is 0 Å². The van der Waals surface area contributed by atoms with Crippen LogP contribution in [-0.2, 0) is 31.6 Å². The van der Waals surface area contributed by atoms with Crippen molar-refractivity contribution in [3.63, 3.8) is 0 Å². The summed E-state index contributed by atoms with van der Waals surface area (Å²) in [7, 11) is -16.4. The molecule has 0 amide bonds. The summed E-state index contributed by atoms with van der Waals surface area (Å²) in [4.78, 5) is 37.0. The quantitative estimate of drug-likeness (QED) is 0.194. The van der Waals surface area contributed by atoms with Crippen LogP contribution in [0.4, 0.5) is 0 Å². The van der Waals surface area contributed by atoms with Gasteiger partial charge in [0, 0.05) is 12.1 Å². The number of hydrogen-bond acceptors (Lipinski definition) is 10. The van der Waals surface area contributed by atoms with Gasteiger partial charge in [-0.25, -0.2) is 13.7 Å². The van der Waals surface area contributed by atoms with E-state index in [9.17, 15) is 28.8 Å². The number of phosphoric ester groups is 1. The van der Waals surface area contributed by atoms with Crippen molar-refractivity contribution in [3.05, 3.63) is 0 Å². The van der Waals surface area contributed by atoms with E-state index in [0.29, 0.717) is 0 Å². The minimum atomic E-state index is -5.62. The SMILES string of the molecule is CC1C(C)N1C1OC(COP(=O)(O)OP(=O)(O)OP(=O)(O)O)C(O)C1O. The second-order valence-corrected chi connectivity index (χ2v) is 10.3. The summed E-state index contributed by atoms with van der Waals surface area (Å²) in [5, 5.41) is 19.9. The summed E-state index contributed by atoms with van der Waals surface area (Å²) in [6, 6.07) is 0.192. The highest BCUT2D eigenvalue weighted by Crippen LogP contribution is 2.66. The third-order valence-electron chi connectivity index (χ3n) is 4.00. The van der Waals surface area contributed by atoms with E-state index in [0.717, 1.165) is 0 Å². The Morgan fingerprint density at radius 3 is 1.92 bits per heavy atom.